The number of nitrogens with zero attached hydrogens (tertiary/aromatic N) is 1. The Morgan fingerprint density at radius 1 is 1.42 bits per heavy atom. The number of ether oxygens (including phenoxy) is 1. The van der Waals surface area contributed by atoms with E-state index in [-0.39, 0.29) is 16.9 Å². The standard InChI is InChI=1S/C14H16N2O3/c1-4-19-9-5-6-12-10(7-9)13(17)11(8-16(12)3)14(18)15-2/h5-8H,4H2,1-3H3,(H,15,18). The van der Waals surface area contributed by atoms with E-state index in [1.807, 2.05) is 19.1 Å². The largest absolute Gasteiger partial charge is 0.494 e. The molecule has 1 aromatic carbocycles. The van der Waals surface area contributed by atoms with E-state index in [0.717, 1.165) is 5.52 Å². The Morgan fingerprint density at radius 3 is 2.79 bits per heavy atom. The molecular formula is C14H16N2O3. The summed E-state index contributed by atoms with van der Waals surface area (Å²) in [5, 5.41) is 2.95. The van der Waals surface area contributed by atoms with Gasteiger partial charge in [0.15, 0.2) is 0 Å². The smallest absolute Gasteiger partial charge is 0.256 e. The predicted molar refractivity (Wildman–Crippen MR) is 73.7 cm³/mol. The SMILES string of the molecule is CCOc1ccc2c(c1)c(=O)c(C(=O)NC)cn2C. The molecule has 0 radical (unpaired) electrons. The first kappa shape index (κ1) is 13.1. The molecule has 1 amide bonds. The van der Waals surface area contributed by atoms with Crippen LogP contribution in [0.2, 0.25) is 0 Å². The van der Waals surface area contributed by atoms with E-state index in [1.165, 1.54) is 7.05 Å². The third kappa shape index (κ3) is 2.31. The second-order valence-electron chi connectivity index (χ2n) is 4.17. The van der Waals surface area contributed by atoms with Crippen LogP contribution < -0.4 is 15.5 Å². The van der Waals surface area contributed by atoms with Crippen molar-refractivity contribution in [3.63, 3.8) is 0 Å². The number of amides is 1. The van der Waals surface area contributed by atoms with Gasteiger partial charge in [-0.05, 0) is 25.1 Å². The van der Waals surface area contributed by atoms with Crippen molar-refractivity contribution in [2.24, 2.45) is 7.05 Å². The number of aryl methyl sites for hydroxylation is 1. The van der Waals surface area contributed by atoms with Crippen LogP contribution in [0.5, 0.6) is 5.75 Å². The highest BCUT2D eigenvalue weighted by Crippen LogP contribution is 2.18. The minimum absolute atomic E-state index is 0.131. The van der Waals surface area contributed by atoms with E-state index >= 15 is 0 Å². The van der Waals surface area contributed by atoms with Gasteiger partial charge in [-0.25, -0.2) is 0 Å². The van der Waals surface area contributed by atoms with Crippen molar-refractivity contribution in [3.05, 3.63) is 40.2 Å². The first-order valence-electron chi connectivity index (χ1n) is 6.06. The van der Waals surface area contributed by atoms with Crippen LogP contribution >= 0.6 is 0 Å². The van der Waals surface area contributed by atoms with Crippen LogP contribution in [0, 0.1) is 0 Å². The third-order valence-corrected chi connectivity index (χ3v) is 2.94. The molecule has 0 spiro atoms. The van der Waals surface area contributed by atoms with E-state index in [1.54, 1.807) is 23.9 Å². The molecule has 0 aliphatic carbocycles. The van der Waals surface area contributed by atoms with Gasteiger partial charge in [-0.2, -0.15) is 0 Å². The lowest BCUT2D eigenvalue weighted by molar-refractivity contribution is 0.0961. The Kier molecular flexibility index (Phi) is 3.55. The molecule has 0 bridgehead atoms. The molecule has 0 aliphatic heterocycles. The maximum absolute atomic E-state index is 12.3. The van der Waals surface area contributed by atoms with E-state index in [2.05, 4.69) is 5.32 Å². The fraction of sp³-hybridized carbons (Fsp3) is 0.286. The summed E-state index contributed by atoms with van der Waals surface area (Å²) in [5.74, 6) is 0.241. The molecule has 2 rings (SSSR count). The van der Waals surface area contributed by atoms with E-state index < -0.39 is 0 Å². The Labute approximate surface area is 110 Å². The number of hydrogen-bond donors (Lipinski definition) is 1. The molecule has 0 atom stereocenters. The second-order valence-corrected chi connectivity index (χ2v) is 4.17. The summed E-state index contributed by atoms with van der Waals surface area (Å²) in [6.45, 7) is 2.41. The predicted octanol–water partition coefficient (Wildman–Crippen LogP) is 1.30. The van der Waals surface area contributed by atoms with Gasteiger partial charge in [0.1, 0.15) is 11.3 Å². The summed E-state index contributed by atoms with van der Waals surface area (Å²) < 4.78 is 7.15. The number of fused-ring (bicyclic) bond motifs is 1. The molecule has 5 nitrogen and oxygen atoms in total. The number of pyridine rings is 1. The molecule has 0 saturated carbocycles. The van der Waals surface area contributed by atoms with Gasteiger partial charge < -0.3 is 14.6 Å². The van der Waals surface area contributed by atoms with Crippen LogP contribution in [0.3, 0.4) is 0 Å². The van der Waals surface area contributed by atoms with Crippen molar-refractivity contribution < 1.29 is 9.53 Å². The summed E-state index contributed by atoms with van der Waals surface area (Å²) in [5.41, 5.74) is 0.612. The molecule has 5 heteroatoms. The first-order chi connectivity index (χ1) is 9.08. The Morgan fingerprint density at radius 2 is 2.16 bits per heavy atom. The Balaban J connectivity index is 2.74. The lowest BCUT2D eigenvalue weighted by atomic mass is 10.1. The first-order valence-corrected chi connectivity index (χ1v) is 6.06. The molecule has 19 heavy (non-hydrogen) atoms. The minimum atomic E-state index is -0.385. The lowest BCUT2D eigenvalue weighted by Gasteiger charge is -2.10. The van der Waals surface area contributed by atoms with Crippen molar-refractivity contribution in [2.75, 3.05) is 13.7 Å². The number of carbonyl (C=O) groups is 1. The van der Waals surface area contributed by atoms with E-state index in [4.69, 9.17) is 4.74 Å². The third-order valence-electron chi connectivity index (χ3n) is 2.94. The summed E-state index contributed by atoms with van der Waals surface area (Å²) in [6.07, 6.45) is 1.55. The normalized spacial score (nSPS) is 10.5. The van der Waals surface area contributed by atoms with E-state index in [9.17, 15) is 9.59 Å². The van der Waals surface area contributed by atoms with Crippen LogP contribution in [0.15, 0.2) is 29.2 Å². The highest BCUT2D eigenvalue weighted by Gasteiger charge is 2.13. The second kappa shape index (κ2) is 5.14. The number of carbonyl (C=O) groups excluding carboxylic acids is 1. The number of nitrogens with one attached hydrogen (secondary N) is 1. The molecule has 1 aromatic heterocycles. The maximum atomic E-state index is 12.3. The van der Waals surface area contributed by atoms with Gasteiger partial charge in [0, 0.05) is 20.3 Å². The highest BCUT2D eigenvalue weighted by atomic mass is 16.5. The molecule has 0 aliphatic rings. The molecule has 1 N–H and O–H groups in total. The monoisotopic (exact) mass is 260 g/mol. The number of hydrogen-bond acceptors (Lipinski definition) is 3. The summed E-state index contributed by atoms with van der Waals surface area (Å²) >= 11 is 0. The fourth-order valence-corrected chi connectivity index (χ4v) is 2.02. The van der Waals surface area contributed by atoms with Gasteiger partial charge in [-0.15, -0.1) is 0 Å². The zero-order valence-corrected chi connectivity index (χ0v) is 11.2. The quantitative estimate of drug-likeness (QED) is 0.904. The number of aromatic nitrogens is 1. The summed E-state index contributed by atoms with van der Waals surface area (Å²) in [4.78, 5) is 24.0. The average molecular weight is 260 g/mol. The fourth-order valence-electron chi connectivity index (χ4n) is 2.02. The van der Waals surface area contributed by atoms with Crippen molar-refractivity contribution >= 4 is 16.8 Å². The molecule has 100 valence electrons. The van der Waals surface area contributed by atoms with Gasteiger partial charge >= 0.3 is 0 Å². The van der Waals surface area contributed by atoms with Gasteiger partial charge in [-0.3, -0.25) is 9.59 Å². The summed E-state index contributed by atoms with van der Waals surface area (Å²) in [6, 6.07) is 5.30. The zero-order chi connectivity index (χ0) is 14.0. The van der Waals surface area contributed by atoms with Crippen LogP contribution in [-0.4, -0.2) is 24.1 Å². The molecule has 1 heterocycles. The van der Waals surface area contributed by atoms with Gasteiger partial charge in [-0.1, -0.05) is 0 Å². The van der Waals surface area contributed by atoms with Crippen LogP contribution in [0.25, 0.3) is 10.9 Å². The van der Waals surface area contributed by atoms with Crippen molar-refractivity contribution in [1.82, 2.24) is 9.88 Å². The van der Waals surface area contributed by atoms with Gasteiger partial charge in [0.05, 0.1) is 17.5 Å². The van der Waals surface area contributed by atoms with Crippen LogP contribution in [0.4, 0.5) is 0 Å². The minimum Gasteiger partial charge on any atom is -0.494 e. The highest BCUT2D eigenvalue weighted by molar-refractivity contribution is 5.97. The molecule has 0 fully saturated rings. The summed E-state index contributed by atoms with van der Waals surface area (Å²) in [7, 11) is 3.30. The topological polar surface area (TPSA) is 60.3 Å². The molecule has 2 aromatic rings. The Hall–Kier alpha value is -2.30. The molecule has 0 unspecified atom stereocenters. The van der Waals surface area contributed by atoms with E-state index in [0.29, 0.717) is 17.7 Å². The number of benzene rings is 1. The molecular weight excluding hydrogens is 244 g/mol. The van der Waals surface area contributed by atoms with Crippen LogP contribution in [0.1, 0.15) is 17.3 Å². The lowest BCUT2D eigenvalue weighted by Crippen LogP contribution is -2.26. The van der Waals surface area contributed by atoms with Crippen molar-refractivity contribution in [2.45, 2.75) is 6.92 Å². The van der Waals surface area contributed by atoms with Crippen LogP contribution in [-0.2, 0) is 7.05 Å². The molecule has 0 saturated heterocycles. The van der Waals surface area contributed by atoms with Crippen molar-refractivity contribution in [3.8, 4) is 5.75 Å². The van der Waals surface area contributed by atoms with Crippen molar-refractivity contribution in [1.29, 1.82) is 0 Å². The average Bonchev–Trinajstić information content (AvgIpc) is 2.42. The van der Waals surface area contributed by atoms with Gasteiger partial charge in [0.2, 0.25) is 5.43 Å². The zero-order valence-electron chi connectivity index (χ0n) is 11.2. The maximum Gasteiger partial charge on any atom is 0.256 e. The van der Waals surface area contributed by atoms with Gasteiger partial charge in [0.25, 0.3) is 5.91 Å². The number of rotatable bonds is 3. The Bertz CT molecular complexity index is 689.